The molecule has 0 saturated carbocycles. The second kappa shape index (κ2) is 12.6. The highest BCUT2D eigenvalue weighted by Crippen LogP contribution is 2.28. The highest BCUT2D eigenvalue weighted by atomic mass is 15.0. The monoisotopic (exact) mass is 670 g/mol. The third-order valence-corrected chi connectivity index (χ3v) is 9.44. The lowest BCUT2D eigenvalue weighted by molar-refractivity contribution is 0.590. The van der Waals surface area contributed by atoms with Crippen LogP contribution in [0.5, 0.6) is 0 Å². The zero-order valence-electron chi connectivity index (χ0n) is 29.1. The van der Waals surface area contributed by atoms with E-state index in [1.54, 1.807) is 0 Å². The SMILES string of the molecule is CC(C)(C)c1cccc(-c2nc3nc(n2)c2cccc(c2)c2cccc(c2)c2nc(-c4ccccc4)nc(n2)c2cccc(c2)c2cccc3c2)c1. The van der Waals surface area contributed by atoms with Crippen molar-refractivity contribution in [3.8, 4) is 22.8 Å². The molecule has 6 nitrogen and oxygen atoms in total. The van der Waals surface area contributed by atoms with Gasteiger partial charge in [0.1, 0.15) is 0 Å². The Morgan fingerprint density at radius 3 is 1.06 bits per heavy atom. The van der Waals surface area contributed by atoms with Crippen molar-refractivity contribution >= 4 is 65.7 Å². The number of benzene rings is 6. The average molecular weight is 671 g/mol. The highest BCUT2D eigenvalue weighted by molar-refractivity contribution is 5.96. The lowest BCUT2D eigenvalue weighted by Crippen LogP contribution is -2.10. The van der Waals surface area contributed by atoms with E-state index >= 15 is 0 Å². The lowest BCUT2D eigenvalue weighted by atomic mass is 9.86. The molecule has 248 valence electrons. The van der Waals surface area contributed by atoms with Gasteiger partial charge in [0.25, 0.3) is 0 Å². The standard InChI is InChI=1S/C46H34N6/c1-46(2,3)39-23-11-22-38(28-39)45-51-43-36-20-9-16-32(26-36)30-14-7-18-34(24-30)41-47-40(29-12-5-4-6-13-29)48-42(49-41)35-19-8-15-31(25-35)33-17-10-21-37(27-33)44(50-43)52-45/h4-28H,1-3H3. The third-order valence-electron chi connectivity index (χ3n) is 9.44. The molecule has 6 aromatic carbocycles. The smallest absolute Gasteiger partial charge is 0.164 e. The molecule has 3 aromatic heterocycles. The van der Waals surface area contributed by atoms with Gasteiger partial charge >= 0.3 is 0 Å². The summed E-state index contributed by atoms with van der Waals surface area (Å²) in [7, 11) is 0. The molecule has 0 aliphatic carbocycles. The van der Waals surface area contributed by atoms with E-state index in [9.17, 15) is 0 Å². The Bertz CT molecular complexity index is 2800. The van der Waals surface area contributed by atoms with Crippen LogP contribution in [0.25, 0.3) is 88.5 Å². The van der Waals surface area contributed by atoms with Crippen molar-refractivity contribution in [1.29, 1.82) is 0 Å². The molecular weight excluding hydrogens is 637 g/mol. The van der Waals surface area contributed by atoms with Gasteiger partial charge in [0.15, 0.2) is 34.2 Å². The first-order valence-corrected chi connectivity index (χ1v) is 17.5. The lowest BCUT2D eigenvalue weighted by Gasteiger charge is -2.19. The molecule has 12 bridgehead atoms. The van der Waals surface area contributed by atoms with Crippen LogP contribution in [-0.2, 0) is 5.41 Å². The Morgan fingerprint density at radius 1 is 0.308 bits per heavy atom. The summed E-state index contributed by atoms with van der Waals surface area (Å²) in [6.07, 6.45) is 0. The van der Waals surface area contributed by atoms with E-state index in [-0.39, 0.29) is 5.41 Å². The van der Waals surface area contributed by atoms with Crippen molar-refractivity contribution in [2.75, 3.05) is 0 Å². The van der Waals surface area contributed by atoms with Gasteiger partial charge in [0, 0.05) is 32.7 Å². The number of hydrogen-bond donors (Lipinski definition) is 0. The Hall–Kier alpha value is -6.66. The Labute approximate surface area is 300 Å². The summed E-state index contributed by atoms with van der Waals surface area (Å²) in [5, 5.41) is 7.74. The topological polar surface area (TPSA) is 77.3 Å². The van der Waals surface area contributed by atoms with Crippen molar-refractivity contribution in [1.82, 2.24) is 29.9 Å². The number of rotatable bonds is 2. The van der Waals surface area contributed by atoms with Crippen LogP contribution in [0.1, 0.15) is 26.3 Å². The zero-order valence-corrected chi connectivity index (χ0v) is 29.1. The molecule has 0 radical (unpaired) electrons. The summed E-state index contributed by atoms with van der Waals surface area (Å²) in [6.45, 7) is 6.66. The largest absolute Gasteiger partial charge is 0.208 e. The van der Waals surface area contributed by atoms with Crippen molar-refractivity contribution < 1.29 is 0 Å². The van der Waals surface area contributed by atoms with E-state index in [4.69, 9.17) is 29.9 Å². The van der Waals surface area contributed by atoms with Gasteiger partial charge in [0.2, 0.25) is 0 Å². The molecule has 0 unspecified atom stereocenters. The minimum absolute atomic E-state index is 0.0208. The molecule has 0 spiro atoms. The maximum atomic E-state index is 5.11. The van der Waals surface area contributed by atoms with E-state index in [1.165, 1.54) is 5.56 Å². The van der Waals surface area contributed by atoms with Crippen LogP contribution in [0.3, 0.4) is 0 Å². The zero-order chi connectivity index (χ0) is 35.2. The Morgan fingerprint density at radius 2 is 0.654 bits per heavy atom. The summed E-state index contributed by atoms with van der Waals surface area (Å²) in [5.41, 5.74) is 5.53. The van der Waals surface area contributed by atoms with Crippen molar-refractivity contribution in [3.05, 3.63) is 157 Å². The van der Waals surface area contributed by atoms with Crippen molar-refractivity contribution in [3.63, 3.8) is 0 Å². The summed E-state index contributed by atoms with van der Waals surface area (Å²) in [6, 6.07) is 52.0. The average Bonchev–Trinajstić information content (AvgIpc) is 3.20. The number of fused-ring (bicyclic) bond motifs is 18. The summed E-state index contributed by atoms with van der Waals surface area (Å²) in [4.78, 5) is 30.4. The molecule has 0 atom stereocenters. The molecule has 0 aliphatic rings. The quantitative estimate of drug-likeness (QED) is 0.182. The second-order valence-electron chi connectivity index (χ2n) is 14.1. The molecule has 0 saturated heterocycles. The normalized spacial score (nSPS) is 11.8. The number of hydrogen-bond acceptors (Lipinski definition) is 6. The predicted molar refractivity (Wildman–Crippen MR) is 214 cm³/mol. The van der Waals surface area contributed by atoms with Crippen molar-refractivity contribution in [2.24, 2.45) is 0 Å². The van der Waals surface area contributed by atoms with E-state index < -0.39 is 0 Å². The molecule has 9 rings (SSSR count). The fourth-order valence-corrected chi connectivity index (χ4v) is 6.59. The molecule has 6 heteroatoms. The van der Waals surface area contributed by atoms with Crippen LogP contribution < -0.4 is 0 Å². The van der Waals surface area contributed by atoms with Crippen LogP contribution in [-0.4, -0.2) is 29.9 Å². The summed E-state index contributed by atoms with van der Waals surface area (Å²) < 4.78 is 0. The van der Waals surface area contributed by atoms with Crippen LogP contribution in [0.2, 0.25) is 0 Å². The van der Waals surface area contributed by atoms with Crippen LogP contribution in [0, 0.1) is 0 Å². The van der Waals surface area contributed by atoms with Gasteiger partial charge in [-0.05, 0) is 62.9 Å². The molecule has 0 amide bonds. The highest BCUT2D eigenvalue weighted by Gasteiger charge is 2.15. The third kappa shape index (κ3) is 6.05. The van der Waals surface area contributed by atoms with Gasteiger partial charge in [-0.1, -0.05) is 142 Å². The van der Waals surface area contributed by atoms with Crippen LogP contribution in [0.15, 0.2) is 152 Å². The number of nitrogens with zero attached hydrogens (tertiary/aromatic N) is 6. The van der Waals surface area contributed by atoms with E-state index in [0.29, 0.717) is 34.2 Å². The first-order chi connectivity index (χ1) is 25.3. The molecular formula is C46H34N6. The number of aromatic nitrogens is 6. The van der Waals surface area contributed by atoms with Gasteiger partial charge in [-0.25, -0.2) is 29.9 Å². The second-order valence-corrected chi connectivity index (χ2v) is 14.1. The van der Waals surface area contributed by atoms with Gasteiger partial charge < -0.3 is 0 Å². The van der Waals surface area contributed by atoms with Gasteiger partial charge in [-0.2, -0.15) is 0 Å². The van der Waals surface area contributed by atoms with Crippen LogP contribution in [0.4, 0.5) is 0 Å². The fraction of sp³-hybridized carbons (Fsp3) is 0.0870. The summed E-state index contributed by atoms with van der Waals surface area (Å²) >= 11 is 0. The van der Waals surface area contributed by atoms with Gasteiger partial charge in [-0.15, -0.1) is 0 Å². The van der Waals surface area contributed by atoms with Gasteiger partial charge in [0.05, 0.1) is 0 Å². The maximum absolute atomic E-state index is 5.11. The predicted octanol–water partition coefficient (Wildman–Crippen LogP) is 11.3. The summed E-state index contributed by atoms with van der Waals surface area (Å²) in [5.74, 6) is 1.26. The van der Waals surface area contributed by atoms with E-state index in [2.05, 4.69) is 142 Å². The maximum Gasteiger partial charge on any atom is 0.164 e. The molecule has 52 heavy (non-hydrogen) atoms. The first kappa shape index (κ1) is 31.3. The van der Waals surface area contributed by atoms with Crippen molar-refractivity contribution in [2.45, 2.75) is 26.2 Å². The molecule has 0 aliphatic heterocycles. The Balaban J connectivity index is 1.43. The first-order valence-electron chi connectivity index (χ1n) is 17.5. The fourth-order valence-electron chi connectivity index (χ4n) is 6.59. The minimum atomic E-state index is -0.0208. The molecule has 9 aromatic rings. The van der Waals surface area contributed by atoms with Gasteiger partial charge in [-0.3, -0.25) is 0 Å². The van der Waals surface area contributed by atoms with E-state index in [0.717, 1.165) is 54.2 Å². The molecule has 0 N–H and O–H groups in total. The molecule has 3 heterocycles. The Kier molecular flexibility index (Phi) is 7.58. The molecule has 0 fully saturated rings. The minimum Gasteiger partial charge on any atom is -0.208 e. The van der Waals surface area contributed by atoms with E-state index in [1.807, 2.05) is 30.3 Å². The van der Waals surface area contributed by atoms with Crippen LogP contribution >= 0.6 is 0 Å².